The summed E-state index contributed by atoms with van der Waals surface area (Å²) in [7, 11) is 2.58. The van der Waals surface area contributed by atoms with E-state index in [2.05, 4.69) is 37.7 Å². The summed E-state index contributed by atoms with van der Waals surface area (Å²) < 4.78 is 11.7. The molecule has 2 aliphatic heterocycles. The molecule has 50 heavy (non-hydrogen) atoms. The Hall–Kier alpha value is -4.44. The van der Waals surface area contributed by atoms with Crippen LogP contribution in [0.2, 0.25) is 0 Å². The molecule has 4 amide bonds. The number of carbonyl (C=O) groups excluding carboxylic acids is 4. The van der Waals surface area contributed by atoms with E-state index < -0.39 is 24.3 Å². The van der Waals surface area contributed by atoms with Crippen LogP contribution >= 0.6 is 22.7 Å². The molecule has 0 radical (unpaired) electrons. The molecule has 6 heterocycles. The highest BCUT2D eigenvalue weighted by Gasteiger charge is 2.39. The number of nitrogens with one attached hydrogen (secondary N) is 4. The van der Waals surface area contributed by atoms with Crippen molar-refractivity contribution in [2.45, 2.75) is 77.5 Å². The van der Waals surface area contributed by atoms with Gasteiger partial charge in [-0.2, -0.15) is 0 Å². The number of methoxy groups -OCH3 is 2. The van der Waals surface area contributed by atoms with E-state index in [1.165, 1.54) is 14.2 Å². The fourth-order valence-corrected chi connectivity index (χ4v) is 9.07. The summed E-state index contributed by atoms with van der Waals surface area (Å²) in [6.45, 7) is 8.79. The predicted molar refractivity (Wildman–Crippen MR) is 191 cm³/mol. The summed E-state index contributed by atoms with van der Waals surface area (Å²) in [4.78, 5) is 73.0. The van der Waals surface area contributed by atoms with Crippen molar-refractivity contribution in [1.82, 2.24) is 40.4 Å². The van der Waals surface area contributed by atoms with Gasteiger partial charge in [-0.05, 0) is 49.7 Å². The van der Waals surface area contributed by atoms with E-state index >= 15 is 0 Å². The molecule has 2 fully saturated rings. The van der Waals surface area contributed by atoms with Gasteiger partial charge < -0.3 is 39.9 Å². The zero-order valence-electron chi connectivity index (χ0n) is 29.1. The Morgan fingerprint density at radius 3 is 1.88 bits per heavy atom. The molecule has 4 atom stereocenters. The number of likely N-dealkylation sites (tertiary alicyclic amines) is 2. The molecule has 6 rings (SSSR count). The van der Waals surface area contributed by atoms with E-state index in [4.69, 9.17) is 14.5 Å². The number of hydrogen-bond donors (Lipinski definition) is 4. The number of H-pyrrole nitrogens is 2. The maximum absolute atomic E-state index is 13.5. The molecule has 14 nitrogen and oxygen atoms in total. The van der Waals surface area contributed by atoms with E-state index in [0.29, 0.717) is 13.1 Å². The van der Waals surface area contributed by atoms with Crippen LogP contribution in [-0.2, 0) is 19.1 Å². The second kappa shape index (κ2) is 14.8. The number of aromatic amines is 2. The second-order valence-electron chi connectivity index (χ2n) is 13.4. The van der Waals surface area contributed by atoms with Crippen molar-refractivity contribution < 1.29 is 28.7 Å². The SMILES string of the molecule is COC(=O)N[C@H](C(=O)N1CCCC1c1nc(-c2cc3sc(-c4cnc([C@@H]5CCCN5C(=O)[C@@H](NC(=O)OC)C(C)C)[nH]4)cc3s2)c[nH]1)C(C)C. The average molecular weight is 725 g/mol. The first kappa shape index (κ1) is 35.4. The molecule has 0 saturated carbocycles. The van der Waals surface area contributed by atoms with Gasteiger partial charge in [0, 0.05) is 28.7 Å². The summed E-state index contributed by atoms with van der Waals surface area (Å²) in [6, 6.07) is 2.50. The van der Waals surface area contributed by atoms with Crippen LogP contribution in [0.15, 0.2) is 24.5 Å². The molecule has 16 heteroatoms. The third-order valence-electron chi connectivity index (χ3n) is 9.40. The van der Waals surface area contributed by atoms with Crippen molar-refractivity contribution in [3.63, 3.8) is 0 Å². The van der Waals surface area contributed by atoms with E-state index in [1.54, 1.807) is 22.7 Å². The van der Waals surface area contributed by atoms with Crippen LogP contribution in [0.1, 0.15) is 77.1 Å². The van der Waals surface area contributed by atoms with Crippen LogP contribution < -0.4 is 10.6 Å². The monoisotopic (exact) mass is 724 g/mol. The summed E-state index contributed by atoms with van der Waals surface area (Å²) in [6.07, 6.45) is 5.72. The fourth-order valence-electron chi connectivity index (χ4n) is 6.75. The summed E-state index contributed by atoms with van der Waals surface area (Å²) in [5, 5.41) is 5.38. The molecule has 268 valence electrons. The van der Waals surface area contributed by atoms with Crippen molar-refractivity contribution in [2.75, 3.05) is 27.3 Å². The Morgan fingerprint density at radius 1 is 0.820 bits per heavy atom. The molecule has 0 bridgehead atoms. The van der Waals surface area contributed by atoms with Crippen molar-refractivity contribution >= 4 is 56.1 Å². The lowest BCUT2D eigenvalue weighted by atomic mass is 10.0. The van der Waals surface area contributed by atoms with Crippen molar-refractivity contribution in [1.29, 1.82) is 0 Å². The Labute approximate surface area is 298 Å². The van der Waals surface area contributed by atoms with Crippen molar-refractivity contribution in [2.24, 2.45) is 11.8 Å². The standard InChI is InChI=1S/C34H44N8O6S2/c1-17(2)27(39-33(45)47-5)31(43)41-11-7-9-21(41)29-35-15-19(37-29)23-13-25-26(49-23)14-24(50-25)20-16-36-30(38-20)22-10-8-12-42(22)32(44)28(18(3)4)40-34(46)48-6/h13-18,21-22,27-28H,7-12H2,1-6H3,(H,35,37)(H,36,38)(H,39,45)(H,40,46)/t21-,22?,27-,28-/m0/s1. The van der Waals surface area contributed by atoms with Crippen LogP contribution in [0.4, 0.5) is 9.59 Å². The van der Waals surface area contributed by atoms with Gasteiger partial charge in [0.25, 0.3) is 0 Å². The van der Waals surface area contributed by atoms with E-state index in [9.17, 15) is 19.2 Å². The van der Waals surface area contributed by atoms with Crippen LogP contribution in [-0.4, -0.2) is 93.1 Å². The lowest BCUT2D eigenvalue weighted by Gasteiger charge is -2.30. The van der Waals surface area contributed by atoms with E-state index in [1.807, 2.05) is 49.9 Å². The molecule has 0 aromatic carbocycles. The Balaban J connectivity index is 1.15. The quantitative estimate of drug-likeness (QED) is 0.158. The van der Waals surface area contributed by atoms with E-state index in [0.717, 1.165) is 67.9 Å². The number of rotatable bonds is 10. The summed E-state index contributed by atoms with van der Waals surface area (Å²) in [5.74, 6) is 0.974. The van der Waals surface area contributed by atoms with Gasteiger partial charge in [-0.1, -0.05) is 27.7 Å². The van der Waals surface area contributed by atoms with Crippen molar-refractivity contribution in [3.05, 3.63) is 36.2 Å². The van der Waals surface area contributed by atoms with Crippen LogP contribution in [0.3, 0.4) is 0 Å². The number of amides is 4. The minimum atomic E-state index is -0.687. The maximum Gasteiger partial charge on any atom is 0.407 e. The first-order valence-corrected chi connectivity index (χ1v) is 18.6. The molecule has 0 spiro atoms. The average Bonchev–Trinajstić information content (AvgIpc) is 3.93. The van der Waals surface area contributed by atoms with Gasteiger partial charge in [0.2, 0.25) is 11.8 Å². The van der Waals surface area contributed by atoms with Crippen molar-refractivity contribution in [3.8, 4) is 21.1 Å². The van der Waals surface area contributed by atoms with Gasteiger partial charge >= 0.3 is 12.2 Å². The topological polar surface area (TPSA) is 175 Å². The lowest BCUT2D eigenvalue weighted by Crippen LogP contribution is -2.51. The number of thiophene rings is 2. The first-order valence-electron chi connectivity index (χ1n) is 16.9. The molecular formula is C34H44N8O6S2. The Kier molecular flexibility index (Phi) is 10.5. The number of ether oxygens (including phenoxy) is 2. The smallest absolute Gasteiger partial charge is 0.407 e. The van der Waals surface area contributed by atoms with Gasteiger partial charge in [-0.3, -0.25) is 9.59 Å². The molecule has 4 aromatic heterocycles. The molecule has 2 aliphatic rings. The Bertz CT molecular complexity index is 1700. The summed E-state index contributed by atoms with van der Waals surface area (Å²) in [5.41, 5.74) is 1.70. The number of carbonyl (C=O) groups is 4. The molecule has 4 aromatic rings. The first-order chi connectivity index (χ1) is 24.0. The number of hydrogen-bond acceptors (Lipinski definition) is 10. The van der Waals surface area contributed by atoms with Crippen LogP contribution in [0.25, 0.3) is 30.5 Å². The van der Waals surface area contributed by atoms with Gasteiger partial charge in [0.1, 0.15) is 23.7 Å². The third kappa shape index (κ3) is 7.08. The molecule has 4 N–H and O–H groups in total. The van der Waals surface area contributed by atoms with Crippen LogP contribution in [0, 0.1) is 11.8 Å². The zero-order valence-corrected chi connectivity index (χ0v) is 30.7. The third-order valence-corrected chi connectivity index (χ3v) is 11.8. The summed E-state index contributed by atoms with van der Waals surface area (Å²) >= 11 is 3.31. The largest absolute Gasteiger partial charge is 0.453 e. The molecule has 1 unspecified atom stereocenters. The maximum atomic E-state index is 13.5. The molecule has 2 saturated heterocycles. The number of nitrogens with zero attached hydrogens (tertiary/aromatic N) is 4. The number of imidazole rings is 2. The fraction of sp³-hybridized carbons (Fsp3) is 0.529. The highest BCUT2D eigenvalue weighted by atomic mass is 32.1. The van der Waals surface area contributed by atoms with Crippen LogP contribution in [0.5, 0.6) is 0 Å². The Morgan fingerprint density at radius 2 is 1.34 bits per heavy atom. The van der Waals surface area contributed by atoms with Gasteiger partial charge in [0.15, 0.2) is 0 Å². The predicted octanol–water partition coefficient (Wildman–Crippen LogP) is 5.83. The molecule has 0 aliphatic carbocycles. The highest BCUT2D eigenvalue weighted by molar-refractivity contribution is 7.31. The van der Waals surface area contributed by atoms with E-state index in [-0.39, 0.29) is 35.7 Å². The highest BCUT2D eigenvalue weighted by Crippen LogP contribution is 2.42. The van der Waals surface area contributed by atoms with Gasteiger partial charge in [-0.15, -0.1) is 22.7 Å². The normalized spacial score (nSPS) is 19.0. The minimum absolute atomic E-state index is 0.103. The van der Waals surface area contributed by atoms with Gasteiger partial charge in [0.05, 0.1) is 53.6 Å². The number of fused-ring (bicyclic) bond motifs is 1. The number of alkyl carbamates (subject to hydrolysis) is 2. The minimum Gasteiger partial charge on any atom is -0.453 e. The second-order valence-corrected chi connectivity index (χ2v) is 15.6. The van der Waals surface area contributed by atoms with Gasteiger partial charge in [-0.25, -0.2) is 19.6 Å². The lowest BCUT2D eigenvalue weighted by molar-refractivity contribution is -0.136. The zero-order chi connectivity index (χ0) is 35.7. The number of aromatic nitrogens is 4. The molecular weight excluding hydrogens is 681 g/mol.